The number of nitrogens with zero attached hydrogens (tertiary/aromatic N) is 1. The summed E-state index contributed by atoms with van der Waals surface area (Å²) in [6, 6.07) is 14.0. The Morgan fingerprint density at radius 3 is 2.42 bits per heavy atom. The number of carbonyl (C=O) groups excluding carboxylic acids is 1. The molecule has 2 aromatic carbocycles. The number of carbonyl (C=O) groups is 1. The van der Waals surface area contributed by atoms with Crippen molar-refractivity contribution in [2.24, 2.45) is 4.99 Å². The predicted molar refractivity (Wildman–Crippen MR) is 94.7 cm³/mol. The third kappa shape index (κ3) is 6.12. The van der Waals surface area contributed by atoms with Crippen molar-refractivity contribution in [1.82, 2.24) is 10.6 Å². The summed E-state index contributed by atoms with van der Waals surface area (Å²) in [5.41, 5.74) is 0.421. The Bertz CT molecular complexity index is 761. The Hall–Kier alpha value is -3.03. The van der Waals surface area contributed by atoms with Crippen LogP contribution in [0.4, 0.5) is 18.9 Å². The van der Waals surface area contributed by atoms with Gasteiger partial charge in [0.2, 0.25) is 5.91 Å². The Kier molecular flexibility index (Phi) is 6.60. The Balaban J connectivity index is 1.83. The van der Waals surface area contributed by atoms with Gasteiger partial charge in [0.25, 0.3) is 0 Å². The number of guanidine groups is 1. The number of nitrogens with one attached hydrogen (secondary N) is 3. The third-order valence-electron chi connectivity index (χ3n) is 3.41. The SMILES string of the molecule is CN=C(NCC(=O)Nc1ccccc1)NCc1cccc(C(F)(F)F)c1. The van der Waals surface area contributed by atoms with Gasteiger partial charge in [-0.1, -0.05) is 30.3 Å². The Morgan fingerprint density at radius 2 is 1.77 bits per heavy atom. The molecule has 2 aromatic rings. The number of aliphatic imine (C=N–C) groups is 1. The van der Waals surface area contributed by atoms with Gasteiger partial charge in [-0.15, -0.1) is 0 Å². The number of benzene rings is 2. The molecule has 0 fully saturated rings. The number of anilines is 1. The van der Waals surface area contributed by atoms with E-state index in [0.717, 1.165) is 12.1 Å². The van der Waals surface area contributed by atoms with Crippen LogP contribution in [0, 0.1) is 0 Å². The molecule has 1 amide bonds. The molecule has 0 aromatic heterocycles. The lowest BCUT2D eigenvalue weighted by Gasteiger charge is -2.13. The molecule has 0 aliphatic heterocycles. The quantitative estimate of drug-likeness (QED) is 0.564. The summed E-state index contributed by atoms with van der Waals surface area (Å²) in [5.74, 6) is 0.0452. The topological polar surface area (TPSA) is 65.5 Å². The van der Waals surface area contributed by atoms with E-state index in [2.05, 4.69) is 20.9 Å². The summed E-state index contributed by atoms with van der Waals surface area (Å²) in [7, 11) is 1.51. The van der Waals surface area contributed by atoms with Gasteiger partial charge >= 0.3 is 6.18 Å². The van der Waals surface area contributed by atoms with Crippen molar-refractivity contribution in [3.63, 3.8) is 0 Å². The van der Waals surface area contributed by atoms with E-state index in [4.69, 9.17) is 0 Å². The maximum absolute atomic E-state index is 12.7. The van der Waals surface area contributed by atoms with Crippen molar-refractivity contribution in [1.29, 1.82) is 0 Å². The summed E-state index contributed by atoms with van der Waals surface area (Å²) in [6.07, 6.45) is -4.38. The van der Waals surface area contributed by atoms with Crippen LogP contribution in [0.15, 0.2) is 59.6 Å². The Morgan fingerprint density at radius 1 is 1.04 bits per heavy atom. The second-order valence-corrected chi connectivity index (χ2v) is 5.39. The minimum atomic E-state index is -4.38. The molecule has 5 nitrogen and oxygen atoms in total. The average Bonchev–Trinajstić information content (AvgIpc) is 2.62. The van der Waals surface area contributed by atoms with Gasteiger partial charge < -0.3 is 16.0 Å². The first-order chi connectivity index (χ1) is 12.4. The van der Waals surface area contributed by atoms with E-state index in [1.165, 1.54) is 13.1 Å². The highest BCUT2D eigenvalue weighted by Crippen LogP contribution is 2.29. The molecule has 8 heteroatoms. The summed E-state index contributed by atoms with van der Waals surface area (Å²) in [5, 5.41) is 8.39. The molecule has 0 aliphatic rings. The van der Waals surface area contributed by atoms with Crippen molar-refractivity contribution in [3.05, 3.63) is 65.7 Å². The fourth-order valence-corrected chi connectivity index (χ4v) is 2.15. The predicted octanol–water partition coefficient (Wildman–Crippen LogP) is 3.01. The summed E-state index contributed by atoms with van der Waals surface area (Å²) in [6.45, 7) is 0.112. The fourth-order valence-electron chi connectivity index (χ4n) is 2.15. The number of halogens is 3. The molecule has 0 heterocycles. The molecule has 138 valence electrons. The number of hydrogen-bond acceptors (Lipinski definition) is 2. The van der Waals surface area contributed by atoms with Crippen molar-refractivity contribution in [3.8, 4) is 0 Å². The standard InChI is InChI=1S/C18H19F3N4O/c1-22-17(24-12-16(26)25-15-8-3-2-4-9-15)23-11-13-6-5-7-14(10-13)18(19,20)21/h2-10H,11-12H2,1H3,(H,25,26)(H2,22,23,24). The van der Waals surface area contributed by atoms with Gasteiger partial charge in [-0.3, -0.25) is 9.79 Å². The number of amides is 1. The molecule has 2 rings (SSSR count). The molecule has 0 saturated carbocycles. The molecule has 3 N–H and O–H groups in total. The molecule has 0 aliphatic carbocycles. The van der Waals surface area contributed by atoms with E-state index in [1.54, 1.807) is 30.3 Å². The molecule has 0 spiro atoms. The maximum atomic E-state index is 12.7. The smallest absolute Gasteiger partial charge is 0.352 e. The van der Waals surface area contributed by atoms with E-state index in [0.29, 0.717) is 17.2 Å². The minimum absolute atomic E-state index is 0.0306. The van der Waals surface area contributed by atoms with E-state index in [-0.39, 0.29) is 19.0 Å². The monoisotopic (exact) mass is 364 g/mol. The first-order valence-corrected chi connectivity index (χ1v) is 7.84. The van der Waals surface area contributed by atoms with Gasteiger partial charge in [-0.25, -0.2) is 0 Å². The van der Waals surface area contributed by atoms with Crippen LogP contribution in [0.2, 0.25) is 0 Å². The normalized spacial score (nSPS) is 11.8. The lowest BCUT2D eigenvalue weighted by molar-refractivity contribution is -0.137. The Labute approximate surface area is 149 Å². The van der Waals surface area contributed by atoms with Gasteiger partial charge in [0.15, 0.2) is 5.96 Å². The maximum Gasteiger partial charge on any atom is 0.416 e. The van der Waals surface area contributed by atoms with Crippen LogP contribution in [0.25, 0.3) is 0 Å². The zero-order valence-electron chi connectivity index (χ0n) is 14.1. The summed E-state index contributed by atoms with van der Waals surface area (Å²) < 4.78 is 38.2. The number of alkyl halides is 3. The molecule has 0 atom stereocenters. The first kappa shape index (κ1) is 19.3. The highest BCUT2D eigenvalue weighted by atomic mass is 19.4. The van der Waals surface area contributed by atoms with Crippen molar-refractivity contribution in [2.75, 3.05) is 18.9 Å². The average molecular weight is 364 g/mol. The molecule has 0 saturated heterocycles. The molecule has 26 heavy (non-hydrogen) atoms. The van der Waals surface area contributed by atoms with E-state index >= 15 is 0 Å². The zero-order chi connectivity index (χ0) is 19.0. The lowest BCUT2D eigenvalue weighted by Crippen LogP contribution is -2.41. The molecular weight excluding hydrogens is 345 g/mol. The van der Waals surface area contributed by atoms with E-state index in [1.807, 2.05) is 6.07 Å². The van der Waals surface area contributed by atoms with E-state index < -0.39 is 11.7 Å². The second kappa shape index (κ2) is 8.89. The second-order valence-electron chi connectivity index (χ2n) is 5.39. The van der Waals surface area contributed by atoms with Crippen molar-refractivity contribution in [2.45, 2.75) is 12.7 Å². The van der Waals surface area contributed by atoms with Gasteiger partial charge in [0.1, 0.15) is 0 Å². The first-order valence-electron chi connectivity index (χ1n) is 7.84. The summed E-state index contributed by atoms with van der Waals surface area (Å²) >= 11 is 0. The largest absolute Gasteiger partial charge is 0.416 e. The number of hydrogen-bond donors (Lipinski definition) is 3. The van der Waals surface area contributed by atoms with Crippen LogP contribution in [-0.4, -0.2) is 25.5 Å². The van der Waals surface area contributed by atoms with Crippen LogP contribution in [-0.2, 0) is 17.5 Å². The number of rotatable bonds is 5. The van der Waals surface area contributed by atoms with E-state index in [9.17, 15) is 18.0 Å². The van der Waals surface area contributed by atoms with Crippen LogP contribution in [0.5, 0.6) is 0 Å². The van der Waals surface area contributed by atoms with Gasteiger partial charge in [0, 0.05) is 19.3 Å². The minimum Gasteiger partial charge on any atom is -0.352 e. The highest BCUT2D eigenvalue weighted by Gasteiger charge is 2.30. The zero-order valence-corrected chi connectivity index (χ0v) is 14.1. The number of para-hydroxylation sites is 1. The van der Waals surface area contributed by atoms with Crippen LogP contribution >= 0.6 is 0 Å². The van der Waals surface area contributed by atoms with Gasteiger partial charge in [-0.2, -0.15) is 13.2 Å². The molecule has 0 radical (unpaired) electrons. The summed E-state index contributed by atoms with van der Waals surface area (Å²) in [4.78, 5) is 15.8. The molecule has 0 unspecified atom stereocenters. The van der Waals surface area contributed by atoms with Crippen molar-refractivity contribution < 1.29 is 18.0 Å². The van der Waals surface area contributed by atoms with Crippen LogP contribution in [0.3, 0.4) is 0 Å². The third-order valence-corrected chi connectivity index (χ3v) is 3.41. The van der Waals surface area contributed by atoms with Crippen LogP contribution in [0.1, 0.15) is 11.1 Å². The lowest BCUT2D eigenvalue weighted by atomic mass is 10.1. The van der Waals surface area contributed by atoms with Gasteiger partial charge in [0.05, 0.1) is 12.1 Å². The molecular formula is C18H19F3N4O. The van der Waals surface area contributed by atoms with Gasteiger partial charge in [-0.05, 0) is 29.8 Å². The highest BCUT2D eigenvalue weighted by molar-refractivity contribution is 5.94. The molecule has 0 bridgehead atoms. The van der Waals surface area contributed by atoms with Crippen molar-refractivity contribution >= 4 is 17.6 Å². The fraction of sp³-hybridized carbons (Fsp3) is 0.222. The van der Waals surface area contributed by atoms with Crippen LogP contribution < -0.4 is 16.0 Å².